The van der Waals surface area contributed by atoms with E-state index in [2.05, 4.69) is 5.10 Å². The lowest BCUT2D eigenvalue weighted by Crippen LogP contribution is -2.39. The van der Waals surface area contributed by atoms with Gasteiger partial charge in [0.1, 0.15) is 17.0 Å². The number of ketones is 1. The first-order chi connectivity index (χ1) is 12.8. The fourth-order valence-electron chi connectivity index (χ4n) is 2.60. The topological polar surface area (TPSA) is 128 Å². The molecule has 2 rings (SSSR count). The van der Waals surface area contributed by atoms with Crippen LogP contribution in [0.2, 0.25) is 0 Å². The second kappa shape index (κ2) is 8.39. The third-order valence-corrected chi connectivity index (χ3v) is 3.93. The number of nitro benzene ring substituents is 1. The molecule has 0 N–H and O–H groups in total. The second-order valence-corrected chi connectivity index (χ2v) is 5.58. The molecule has 144 valence electrons. The fourth-order valence-corrected chi connectivity index (χ4v) is 2.60. The number of amides is 1. The van der Waals surface area contributed by atoms with E-state index in [-0.39, 0.29) is 36.5 Å². The van der Waals surface area contributed by atoms with E-state index >= 15 is 0 Å². The maximum absolute atomic E-state index is 12.8. The number of nitrogens with zero attached hydrogens (tertiary/aromatic N) is 3. The SMILES string of the molecule is CCOC(=O)C1CC(C(=O)c2cc(OC)ccc2[N+](=O)[O-])=NN1C(=O)CC. The van der Waals surface area contributed by atoms with Crippen LogP contribution in [-0.4, -0.2) is 53.1 Å². The van der Waals surface area contributed by atoms with Crippen LogP contribution in [0.4, 0.5) is 5.69 Å². The summed E-state index contributed by atoms with van der Waals surface area (Å²) in [6, 6.07) is 2.67. The summed E-state index contributed by atoms with van der Waals surface area (Å²) in [4.78, 5) is 47.6. The van der Waals surface area contributed by atoms with Crippen molar-refractivity contribution < 1.29 is 28.8 Å². The molecule has 1 aromatic carbocycles. The lowest BCUT2D eigenvalue weighted by molar-refractivity contribution is -0.385. The smallest absolute Gasteiger partial charge is 0.331 e. The number of methoxy groups -OCH3 is 1. The molecule has 1 aliphatic heterocycles. The lowest BCUT2D eigenvalue weighted by atomic mass is 10.0. The summed E-state index contributed by atoms with van der Waals surface area (Å²) in [6.45, 7) is 3.31. The molecule has 0 radical (unpaired) electrons. The average molecular weight is 377 g/mol. The summed E-state index contributed by atoms with van der Waals surface area (Å²) in [6.07, 6.45) is -0.113. The number of benzene rings is 1. The largest absolute Gasteiger partial charge is 0.497 e. The van der Waals surface area contributed by atoms with Crippen molar-refractivity contribution in [1.82, 2.24) is 5.01 Å². The van der Waals surface area contributed by atoms with Gasteiger partial charge in [-0.25, -0.2) is 9.80 Å². The van der Waals surface area contributed by atoms with Crippen molar-refractivity contribution in [2.24, 2.45) is 5.10 Å². The molecule has 1 heterocycles. The summed E-state index contributed by atoms with van der Waals surface area (Å²) in [5.41, 5.74) is -0.783. The van der Waals surface area contributed by atoms with Gasteiger partial charge in [0.15, 0.2) is 6.04 Å². The van der Waals surface area contributed by atoms with Crippen molar-refractivity contribution >= 4 is 29.1 Å². The number of rotatable bonds is 7. The third-order valence-electron chi connectivity index (χ3n) is 3.93. The van der Waals surface area contributed by atoms with Gasteiger partial charge in [-0.05, 0) is 19.1 Å². The Morgan fingerprint density at radius 3 is 2.59 bits per heavy atom. The molecule has 0 saturated heterocycles. The molecule has 10 heteroatoms. The highest BCUT2D eigenvalue weighted by molar-refractivity contribution is 6.47. The summed E-state index contributed by atoms with van der Waals surface area (Å²) in [5.74, 6) is -1.64. The zero-order valence-electron chi connectivity index (χ0n) is 15.1. The molecule has 0 aliphatic carbocycles. The summed E-state index contributed by atoms with van der Waals surface area (Å²) < 4.78 is 9.95. The molecule has 27 heavy (non-hydrogen) atoms. The molecule has 1 amide bonds. The van der Waals surface area contributed by atoms with E-state index in [1.165, 1.54) is 19.2 Å². The van der Waals surface area contributed by atoms with Gasteiger partial charge in [-0.2, -0.15) is 5.10 Å². The van der Waals surface area contributed by atoms with E-state index in [1.807, 2.05) is 0 Å². The maximum atomic E-state index is 12.8. The van der Waals surface area contributed by atoms with Crippen molar-refractivity contribution in [3.63, 3.8) is 0 Å². The van der Waals surface area contributed by atoms with Crippen LogP contribution >= 0.6 is 0 Å². The highest BCUT2D eigenvalue weighted by Crippen LogP contribution is 2.27. The summed E-state index contributed by atoms with van der Waals surface area (Å²) >= 11 is 0. The average Bonchev–Trinajstić information content (AvgIpc) is 3.11. The molecule has 0 aromatic heterocycles. The number of hydrazone groups is 1. The van der Waals surface area contributed by atoms with E-state index in [0.717, 1.165) is 11.1 Å². The molecule has 0 fully saturated rings. The Kier molecular flexibility index (Phi) is 6.22. The molecule has 0 saturated carbocycles. The Morgan fingerprint density at radius 1 is 1.33 bits per heavy atom. The Balaban J connectivity index is 2.42. The molecule has 1 unspecified atom stereocenters. The second-order valence-electron chi connectivity index (χ2n) is 5.58. The minimum absolute atomic E-state index is 0.0696. The molecule has 0 spiro atoms. The van der Waals surface area contributed by atoms with Crippen LogP contribution in [0.5, 0.6) is 5.75 Å². The first-order valence-corrected chi connectivity index (χ1v) is 8.27. The Labute approximate surface area is 154 Å². The quantitative estimate of drug-likeness (QED) is 0.306. The number of Topliss-reactive ketones (excluding diaryl/α,β-unsaturated/α-hetero) is 1. The van der Waals surface area contributed by atoms with E-state index in [4.69, 9.17) is 9.47 Å². The van der Waals surface area contributed by atoms with Crippen molar-refractivity contribution in [2.75, 3.05) is 13.7 Å². The number of hydrogen-bond donors (Lipinski definition) is 0. The van der Waals surface area contributed by atoms with Gasteiger partial charge in [0.25, 0.3) is 5.69 Å². The number of nitro groups is 1. The predicted molar refractivity (Wildman–Crippen MR) is 93.6 cm³/mol. The summed E-state index contributed by atoms with van der Waals surface area (Å²) in [7, 11) is 1.36. The van der Waals surface area contributed by atoms with E-state index in [9.17, 15) is 24.5 Å². The van der Waals surface area contributed by atoms with Gasteiger partial charge in [-0.1, -0.05) is 6.92 Å². The van der Waals surface area contributed by atoms with Crippen molar-refractivity contribution in [2.45, 2.75) is 32.7 Å². The van der Waals surface area contributed by atoms with Crippen LogP contribution in [0, 0.1) is 10.1 Å². The van der Waals surface area contributed by atoms with Crippen LogP contribution in [0.15, 0.2) is 23.3 Å². The normalized spacial score (nSPS) is 15.9. The van der Waals surface area contributed by atoms with Crippen molar-refractivity contribution in [3.05, 3.63) is 33.9 Å². The molecule has 1 aliphatic rings. The van der Waals surface area contributed by atoms with E-state index in [1.54, 1.807) is 13.8 Å². The molecular formula is C17H19N3O7. The molecular weight excluding hydrogens is 358 g/mol. The van der Waals surface area contributed by atoms with Gasteiger partial charge >= 0.3 is 5.97 Å². The Bertz CT molecular complexity index is 819. The third kappa shape index (κ3) is 4.10. The predicted octanol–water partition coefficient (Wildman–Crippen LogP) is 1.72. The van der Waals surface area contributed by atoms with Gasteiger partial charge in [-0.3, -0.25) is 19.7 Å². The molecule has 1 atom stereocenters. The van der Waals surface area contributed by atoms with Crippen molar-refractivity contribution in [1.29, 1.82) is 0 Å². The Hall–Kier alpha value is -3.30. The van der Waals surface area contributed by atoms with Gasteiger partial charge in [0.2, 0.25) is 11.7 Å². The van der Waals surface area contributed by atoms with Crippen LogP contribution in [0.1, 0.15) is 37.0 Å². The number of hydrogen-bond acceptors (Lipinski definition) is 8. The van der Waals surface area contributed by atoms with Gasteiger partial charge < -0.3 is 9.47 Å². The van der Waals surface area contributed by atoms with E-state index < -0.39 is 34.3 Å². The standard InChI is InChI=1S/C17H19N3O7/c1-4-15(21)19-14(17(23)27-5-2)9-12(18-19)16(22)11-8-10(26-3)6-7-13(11)20(24)25/h6-8,14H,4-5,9H2,1-3H3. The van der Waals surface area contributed by atoms with Gasteiger partial charge in [0, 0.05) is 18.9 Å². The van der Waals surface area contributed by atoms with Gasteiger partial charge in [-0.15, -0.1) is 0 Å². The van der Waals surface area contributed by atoms with Gasteiger partial charge in [0.05, 0.1) is 18.6 Å². The molecule has 0 bridgehead atoms. The first-order valence-electron chi connectivity index (χ1n) is 8.27. The van der Waals surface area contributed by atoms with Crippen LogP contribution in [-0.2, 0) is 14.3 Å². The highest BCUT2D eigenvalue weighted by atomic mass is 16.6. The van der Waals surface area contributed by atoms with Crippen LogP contribution < -0.4 is 4.74 Å². The number of esters is 1. The molecule has 10 nitrogen and oxygen atoms in total. The van der Waals surface area contributed by atoms with Crippen molar-refractivity contribution in [3.8, 4) is 5.75 Å². The fraction of sp³-hybridized carbons (Fsp3) is 0.412. The lowest BCUT2D eigenvalue weighted by Gasteiger charge is -2.19. The minimum Gasteiger partial charge on any atom is -0.497 e. The Morgan fingerprint density at radius 2 is 2.04 bits per heavy atom. The zero-order valence-corrected chi connectivity index (χ0v) is 15.1. The number of ether oxygens (including phenoxy) is 2. The zero-order chi connectivity index (χ0) is 20.1. The maximum Gasteiger partial charge on any atom is 0.331 e. The minimum atomic E-state index is -1.07. The van der Waals surface area contributed by atoms with Crippen LogP contribution in [0.25, 0.3) is 0 Å². The monoisotopic (exact) mass is 377 g/mol. The van der Waals surface area contributed by atoms with E-state index in [0.29, 0.717) is 0 Å². The number of carbonyl (C=O) groups is 3. The highest BCUT2D eigenvalue weighted by Gasteiger charge is 2.40. The van der Waals surface area contributed by atoms with Crippen LogP contribution in [0.3, 0.4) is 0 Å². The number of carbonyl (C=O) groups excluding carboxylic acids is 3. The summed E-state index contributed by atoms with van der Waals surface area (Å²) in [5, 5.41) is 16.1. The molecule has 1 aromatic rings. The first kappa shape index (κ1) is 20.0.